The molecule has 0 heterocycles. The number of nitrogen functional groups attached to an aromatic ring is 1. The number of carbonyl (C=O) groups is 2. The van der Waals surface area contributed by atoms with E-state index in [-0.39, 0.29) is 29.8 Å². The van der Waals surface area contributed by atoms with Gasteiger partial charge in [0.05, 0.1) is 5.56 Å². The molecule has 1 aromatic rings. The molecule has 0 saturated heterocycles. The van der Waals surface area contributed by atoms with Crippen molar-refractivity contribution in [2.24, 2.45) is 0 Å². The minimum atomic E-state index is -0.664. The number of rotatable bonds is 6. The summed E-state index contributed by atoms with van der Waals surface area (Å²) in [5, 5.41) is 3.12. The lowest BCUT2D eigenvalue weighted by molar-refractivity contribution is -0.124. The number of carbonyl (C=O) groups excluding carboxylic acids is 2. The molecule has 20 heavy (non-hydrogen) atoms. The summed E-state index contributed by atoms with van der Waals surface area (Å²) < 4.78 is 4.92. The third-order valence-electron chi connectivity index (χ3n) is 2.70. The van der Waals surface area contributed by atoms with Crippen molar-refractivity contribution in [3.05, 3.63) is 28.8 Å². The van der Waals surface area contributed by atoms with E-state index in [1.54, 1.807) is 6.07 Å². The lowest BCUT2D eigenvalue weighted by Gasteiger charge is -2.13. The molecule has 1 atom stereocenters. The summed E-state index contributed by atoms with van der Waals surface area (Å²) in [7, 11) is 0. The largest absolute Gasteiger partial charge is 0.452 e. The van der Waals surface area contributed by atoms with E-state index in [1.165, 1.54) is 12.1 Å². The van der Waals surface area contributed by atoms with E-state index in [0.29, 0.717) is 5.02 Å². The Morgan fingerprint density at radius 1 is 1.45 bits per heavy atom. The second-order valence-corrected chi connectivity index (χ2v) is 5.00. The monoisotopic (exact) mass is 298 g/mol. The molecular weight excluding hydrogens is 280 g/mol. The van der Waals surface area contributed by atoms with Gasteiger partial charge in [0, 0.05) is 16.8 Å². The van der Waals surface area contributed by atoms with Crippen molar-refractivity contribution in [3.63, 3.8) is 0 Å². The average molecular weight is 299 g/mol. The highest BCUT2D eigenvalue weighted by atomic mass is 35.5. The van der Waals surface area contributed by atoms with Crippen LogP contribution in [0, 0.1) is 0 Å². The van der Waals surface area contributed by atoms with Gasteiger partial charge in [-0.05, 0) is 31.5 Å². The number of amides is 1. The van der Waals surface area contributed by atoms with E-state index < -0.39 is 5.97 Å². The van der Waals surface area contributed by atoms with Gasteiger partial charge < -0.3 is 15.8 Å². The molecule has 0 spiro atoms. The molecule has 1 rings (SSSR count). The van der Waals surface area contributed by atoms with Crippen molar-refractivity contribution in [1.82, 2.24) is 5.32 Å². The second kappa shape index (κ2) is 7.75. The van der Waals surface area contributed by atoms with Crippen LogP contribution in [-0.2, 0) is 9.53 Å². The standard InChI is InChI=1S/C14H19ClN2O3/c1-3-4-9(2)17-13(18)8-20-14(19)11-7-10(15)5-6-12(11)16/h5-7,9H,3-4,8,16H2,1-2H3,(H,17,18)/t9-/m1/s1. The zero-order chi connectivity index (χ0) is 15.1. The summed E-state index contributed by atoms with van der Waals surface area (Å²) in [5.41, 5.74) is 6.08. The van der Waals surface area contributed by atoms with Crippen LogP contribution in [0.3, 0.4) is 0 Å². The van der Waals surface area contributed by atoms with E-state index in [9.17, 15) is 9.59 Å². The van der Waals surface area contributed by atoms with Gasteiger partial charge in [-0.2, -0.15) is 0 Å². The van der Waals surface area contributed by atoms with Crippen molar-refractivity contribution in [3.8, 4) is 0 Å². The number of nitrogens with two attached hydrogens (primary N) is 1. The molecule has 0 aromatic heterocycles. The maximum Gasteiger partial charge on any atom is 0.340 e. The molecule has 0 aliphatic rings. The lowest BCUT2D eigenvalue weighted by Crippen LogP contribution is -2.35. The van der Waals surface area contributed by atoms with Crippen LogP contribution in [0.4, 0.5) is 5.69 Å². The van der Waals surface area contributed by atoms with Gasteiger partial charge in [0.1, 0.15) is 0 Å². The van der Waals surface area contributed by atoms with Crippen LogP contribution >= 0.6 is 11.6 Å². The van der Waals surface area contributed by atoms with Crippen molar-refractivity contribution in [2.75, 3.05) is 12.3 Å². The Labute approximate surface area is 123 Å². The predicted octanol–water partition coefficient (Wildman–Crippen LogP) is 2.38. The number of benzene rings is 1. The van der Waals surface area contributed by atoms with Crippen LogP contribution < -0.4 is 11.1 Å². The van der Waals surface area contributed by atoms with Crippen LogP contribution in [0.2, 0.25) is 5.02 Å². The zero-order valence-corrected chi connectivity index (χ0v) is 12.4. The minimum absolute atomic E-state index is 0.0578. The number of nitrogens with one attached hydrogen (secondary N) is 1. The molecule has 5 nitrogen and oxygen atoms in total. The zero-order valence-electron chi connectivity index (χ0n) is 11.6. The summed E-state index contributed by atoms with van der Waals surface area (Å²) in [6, 6.07) is 4.56. The first-order valence-corrected chi connectivity index (χ1v) is 6.83. The van der Waals surface area contributed by atoms with Gasteiger partial charge in [-0.3, -0.25) is 4.79 Å². The van der Waals surface area contributed by atoms with Gasteiger partial charge in [0.2, 0.25) is 0 Å². The maximum atomic E-state index is 11.8. The number of halogens is 1. The van der Waals surface area contributed by atoms with Crippen LogP contribution in [0.5, 0.6) is 0 Å². The Balaban J connectivity index is 2.51. The first-order valence-electron chi connectivity index (χ1n) is 6.45. The number of hydrogen-bond acceptors (Lipinski definition) is 4. The summed E-state index contributed by atoms with van der Waals surface area (Å²) in [6.07, 6.45) is 1.85. The molecule has 0 fully saturated rings. The van der Waals surface area contributed by atoms with E-state index >= 15 is 0 Å². The Morgan fingerprint density at radius 2 is 2.15 bits per heavy atom. The Hall–Kier alpha value is -1.75. The number of ether oxygens (including phenoxy) is 1. The predicted molar refractivity (Wildman–Crippen MR) is 78.7 cm³/mol. The minimum Gasteiger partial charge on any atom is -0.452 e. The fourth-order valence-electron chi connectivity index (χ4n) is 1.74. The third kappa shape index (κ3) is 5.09. The fourth-order valence-corrected chi connectivity index (χ4v) is 1.91. The molecule has 0 unspecified atom stereocenters. The molecule has 0 saturated carbocycles. The van der Waals surface area contributed by atoms with E-state index in [1.807, 2.05) is 13.8 Å². The molecular formula is C14H19ClN2O3. The molecule has 6 heteroatoms. The van der Waals surface area contributed by atoms with E-state index in [4.69, 9.17) is 22.1 Å². The van der Waals surface area contributed by atoms with Gasteiger partial charge in [0.25, 0.3) is 5.91 Å². The highest BCUT2D eigenvalue weighted by Crippen LogP contribution is 2.18. The summed E-state index contributed by atoms with van der Waals surface area (Å²) >= 11 is 5.78. The number of hydrogen-bond donors (Lipinski definition) is 2. The maximum absolute atomic E-state index is 11.8. The molecule has 0 aliphatic heterocycles. The molecule has 1 aromatic carbocycles. The van der Waals surface area contributed by atoms with E-state index in [2.05, 4.69) is 5.32 Å². The summed E-state index contributed by atoms with van der Waals surface area (Å²) in [6.45, 7) is 3.60. The van der Waals surface area contributed by atoms with Gasteiger partial charge in [0.15, 0.2) is 6.61 Å². The highest BCUT2D eigenvalue weighted by Gasteiger charge is 2.14. The Morgan fingerprint density at radius 3 is 2.80 bits per heavy atom. The lowest BCUT2D eigenvalue weighted by atomic mass is 10.2. The second-order valence-electron chi connectivity index (χ2n) is 4.56. The van der Waals surface area contributed by atoms with Crippen LogP contribution in [-0.4, -0.2) is 24.5 Å². The first kappa shape index (κ1) is 16.3. The normalized spacial score (nSPS) is 11.8. The first-order chi connectivity index (χ1) is 9.43. The van der Waals surface area contributed by atoms with Crippen molar-refractivity contribution in [1.29, 1.82) is 0 Å². The molecule has 0 aliphatic carbocycles. The average Bonchev–Trinajstić information content (AvgIpc) is 2.39. The highest BCUT2D eigenvalue weighted by molar-refractivity contribution is 6.31. The Bertz CT molecular complexity index is 491. The van der Waals surface area contributed by atoms with Crippen LogP contribution in [0.1, 0.15) is 37.0 Å². The van der Waals surface area contributed by atoms with Gasteiger partial charge in [-0.25, -0.2) is 4.79 Å². The molecule has 0 radical (unpaired) electrons. The van der Waals surface area contributed by atoms with Crippen LogP contribution in [0.25, 0.3) is 0 Å². The Kier molecular flexibility index (Phi) is 6.31. The number of esters is 1. The van der Waals surface area contributed by atoms with Crippen molar-refractivity contribution in [2.45, 2.75) is 32.7 Å². The topological polar surface area (TPSA) is 81.4 Å². The molecule has 3 N–H and O–H groups in total. The van der Waals surface area contributed by atoms with Gasteiger partial charge in [-0.15, -0.1) is 0 Å². The molecule has 1 amide bonds. The van der Waals surface area contributed by atoms with Gasteiger partial charge in [-0.1, -0.05) is 24.9 Å². The summed E-state index contributed by atoms with van der Waals surface area (Å²) in [5.74, 6) is -0.997. The third-order valence-corrected chi connectivity index (χ3v) is 2.93. The smallest absolute Gasteiger partial charge is 0.340 e. The van der Waals surface area contributed by atoms with E-state index in [0.717, 1.165) is 12.8 Å². The summed E-state index contributed by atoms with van der Waals surface area (Å²) in [4.78, 5) is 23.4. The molecule has 0 bridgehead atoms. The quantitative estimate of drug-likeness (QED) is 0.624. The van der Waals surface area contributed by atoms with Crippen molar-refractivity contribution < 1.29 is 14.3 Å². The molecule has 110 valence electrons. The van der Waals surface area contributed by atoms with Crippen molar-refractivity contribution >= 4 is 29.2 Å². The van der Waals surface area contributed by atoms with Gasteiger partial charge >= 0.3 is 5.97 Å². The fraction of sp³-hybridized carbons (Fsp3) is 0.429. The van der Waals surface area contributed by atoms with Crippen LogP contribution in [0.15, 0.2) is 18.2 Å². The number of anilines is 1. The SMILES string of the molecule is CCC[C@@H](C)NC(=O)COC(=O)c1cc(Cl)ccc1N.